The Labute approximate surface area is 358 Å². The van der Waals surface area contributed by atoms with Crippen molar-refractivity contribution < 1.29 is 28.2 Å². The molecule has 0 radical (unpaired) electrons. The number of rotatable bonds is 5. The first kappa shape index (κ1) is 40.5. The van der Waals surface area contributed by atoms with Gasteiger partial charge in [0.05, 0.1) is 12.0 Å². The number of hydrogen-bond donors (Lipinski definition) is 0. The van der Waals surface area contributed by atoms with Crippen LogP contribution in [0.4, 0.5) is 0 Å². The molecule has 7 nitrogen and oxygen atoms in total. The molecular formula is C54H54O7. The van der Waals surface area contributed by atoms with Crippen molar-refractivity contribution in [2.45, 2.75) is 128 Å². The van der Waals surface area contributed by atoms with Crippen LogP contribution < -0.4 is 10.4 Å². The van der Waals surface area contributed by atoms with E-state index in [1.165, 1.54) is 16.7 Å². The molecule has 312 valence electrons. The smallest absolute Gasteiger partial charge is 0.340 e. The van der Waals surface area contributed by atoms with Crippen LogP contribution in [-0.4, -0.2) is 23.6 Å². The Balaban J connectivity index is 1.16. The molecule has 0 N–H and O–H groups in total. The third-order valence-corrected chi connectivity index (χ3v) is 13.5. The third-order valence-electron chi connectivity index (χ3n) is 13.5. The zero-order valence-electron chi connectivity index (χ0n) is 36.0. The van der Waals surface area contributed by atoms with Gasteiger partial charge in [0.25, 0.3) is 0 Å². The molecule has 0 spiro atoms. The number of benzene rings is 4. The van der Waals surface area contributed by atoms with Crippen molar-refractivity contribution >= 4 is 22.9 Å². The van der Waals surface area contributed by atoms with Crippen LogP contribution in [-0.2, 0) is 63.0 Å². The molecule has 9 rings (SSSR count). The van der Waals surface area contributed by atoms with Crippen molar-refractivity contribution in [2.75, 3.05) is 0 Å². The lowest BCUT2D eigenvalue weighted by Gasteiger charge is -2.44. The zero-order valence-corrected chi connectivity index (χ0v) is 36.0. The Morgan fingerprint density at radius 3 is 2.41 bits per heavy atom. The van der Waals surface area contributed by atoms with Gasteiger partial charge in [0.1, 0.15) is 11.3 Å². The SMILES string of the molecule is CC(C)=C1CCc2ccc3c(c2)CC#CCC2(C)Oc4ccc5c6c(c(=O)oc5c4C(OC(=O)CC(CCc4cccc(Cc5ccccc5)c4)C3)C2OC1=O)C(C)(C)CC6. The Morgan fingerprint density at radius 2 is 1.59 bits per heavy atom. The van der Waals surface area contributed by atoms with Crippen LogP contribution in [0.5, 0.6) is 5.75 Å². The first-order valence-electron chi connectivity index (χ1n) is 21.9. The number of fused-ring (bicyclic) bond motifs is 9. The van der Waals surface area contributed by atoms with Crippen molar-refractivity contribution in [3.63, 3.8) is 0 Å². The summed E-state index contributed by atoms with van der Waals surface area (Å²) in [5.41, 5.74) is 8.93. The van der Waals surface area contributed by atoms with Crippen LogP contribution in [0.2, 0.25) is 0 Å². The summed E-state index contributed by atoms with van der Waals surface area (Å²) in [6, 6.07) is 29.6. The van der Waals surface area contributed by atoms with Gasteiger partial charge >= 0.3 is 17.6 Å². The second-order valence-corrected chi connectivity index (χ2v) is 18.7. The molecule has 4 atom stereocenters. The average Bonchev–Trinajstić information content (AvgIpc) is 3.55. The van der Waals surface area contributed by atoms with E-state index in [0.717, 1.165) is 58.9 Å². The van der Waals surface area contributed by atoms with E-state index in [-0.39, 0.29) is 24.2 Å². The maximum atomic E-state index is 14.7. The Kier molecular flexibility index (Phi) is 10.8. The molecule has 61 heavy (non-hydrogen) atoms. The first-order valence-corrected chi connectivity index (χ1v) is 21.9. The molecule has 1 aromatic heterocycles. The average molecular weight is 815 g/mol. The topological polar surface area (TPSA) is 92.0 Å². The minimum atomic E-state index is -1.22. The number of carbonyl (C=O) groups excluding carboxylic acids is 2. The predicted octanol–water partition coefficient (Wildman–Crippen LogP) is 10.4. The molecule has 1 aliphatic carbocycles. The van der Waals surface area contributed by atoms with Gasteiger partial charge in [-0.3, -0.25) is 4.79 Å². The summed E-state index contributed by atoms with van der Waals surface area (Å²) >= 11 is 0. The first-order chi connectivity index (χ1) is 29.3. The van der Waals surface area contributed by atoms with Crippen molar-refractivity contribution in [3.05, 3.63) is 157 Å². The van der Waals surface area contributed by atoms with E-state index in [9.17, 15) is 14.4 Å². The molecule has 4 unspecified atom stereocenters. The van der Waals surface area contributed by atoms with E-state index in [0.29, 0.717) is 60.1 Å². The van der Waals surface area contributed by atoms with Gasteiger partial charge in [0.15, 0.2) is 17.8 Å². The van der Waals surface area contributed by atoms with Crippen molar-refractivity contribution in [3.8, 4) is 17.6 Å². The van der Waals surface area contributed by atoms with Crippen molar-refractivity contribution in [1.29, 1.82) is 0 Å². The van der Waals surface area contributed by atoms with E-state index >= 15 is 0 Å². The van der Waals surface area contributed by atoms with E-state index in [1.807, 2.05) is 39.0 Å². The fraction of sp³-hybridized carbons (Fsp3) is 0.389. The standard InChI is InChI=1S/C54H54O7/c1-33(2)41-22-20-36-19-21-40-31-38(18-17-35-14-11-15-37(29-35)28-34-12-7-6-8-13-34)32-45(55)58-49-46-44(24-23-43-42-25-27-53(3,4)47(42)52(57)59-48(43)46)61-54(5,50(49)60-51(41)56)26-10-9-16-39(40)30-36/h6-8,11-15,19,21,23-24,29-30,38,49-50H,16-18,20,22,25-28,31-32H2,1-5H3. The normalized spacial score (nSPS) is 23.0. The Bertz CT molecular complexity index is 2700. The zero-order chi connectivity index (χ0) is 42.5. The highest BCUT2D eigenvalue weighted by Crippen LogP contribution is 2.50. The molecule has 0 amide bonds. The second kappa shape index (κ2) is 16.2. The van der Waals surface area contributed by atoms with E-state index < -0.39 is 35.4 Å². The molecule has 4 aliphatic rings. The van der Waals surface area contributed by atoms with Crippen molar-refractivity contribution in [1.82, 2.24) is 0 Å². The molecule has 5 aromatic rings. The van der Waals surface area contributed by atoms with Gasteiger partial charge in [0, 0.05) is 29.4 Å². The number of esters is 2. The largest absolute Gasteiger partial charge is 0.482 e. The number of hydrogen-bond acceptors (Lipinski definition) is 7. The molecule has 0 fully saturated rings. The van der Waals surface area contributed by atoms with Gasteiger partial charge in [-0.1, -0.05) is 104 Å². The van der Waals surface area contributed by atoms with E-state index in [2.05, 4.69) is 92.4 Å². The molecule has 4 heterocycles. The van der Waals surface area contributed by atoms with Crippen molar-refractivity contribution in [2.24, 2.45) is 5.92 Å². The lowest BCUT2D eigenvalue weighted by Crippen LogP contribution is -2.54. The molecule has 5 bridgehead atoms. The lowest BCUT2D eigenvalue weighted by molar-refractivity contribution is -0.190. The minimum absolute atomic E-state index is 0.0707. The predicted molar refractivity (Wildman–Crippen MR) is 237 cm³/mol. The minimum Gasteiger partial charge on any atom is -0.482 e. The van der Waals surface area contributed by atoms with Gasteiger partial charge in [-0.2, -0.15) is 0 Å². The molecular weight excluding hydrogens is 761 g/mol. The Hall–Kier alpha value is -5.87. The monoisotopic (exact) mass is 814 g/mol. The van der Waals surface area contributed by atoms with Crippen LogP contribution in [0.1, 0.15) is 123 Å². The molecule has 3 aliphatic heterocycles. The molecule has 0 saturated carbocycles. The lowest BCUT2D eigenvalue weighted by atomic mass is 9.82. The van der Waals surface area contributed by atoms with E-state index in [1.54, 1.807) is 0 Å². The maximum Gasteiger partial charge on any atom is 0.340 e. The van der Waals surface area contributed by atoms with Gasteiger partial charge in [0.2, 0.25) is 0 Å². The quantitative estimate of drug-likeness (QED) is 0.0755. The highest BCUT2D eigenvalue weighted by molar-refractivity contribution is 5.90. The molecule has 0 saturated heterocycles. The van der Waals surface area contributed by atoms with Crippen LogP contribution >= 0.6 is 0 Å². The highest BCUT2D eigenvalue weighted by atomic mass is 16.6. The fourth-order valence-electron chi connectivity index (χ4n) is 10.1. The summed E-state index contributed by atoms with van der Waals surface area (Å²) in [5.74, 6) is 6.28. The van der Waals surface area contributed by atoms with Crippen LogP contribution in [0.25, 0.3) is 11.0 Å². The number of carbonyl (C=O) groups is 2. The summed E-state index contributed by atoms with van der Waals surface area (Å²) < 4.78 is 26.4. The van der Waals surface area contributed by atoms with Crippen LogP contribution in [0, 0.1) is 17.8 Å². The number of allylic oxidation sites excluding steroid dienone is 1. The van der Waals surface area contributed by atoms with Crippen LogP contribution in [0.3, 0.4) is 0 Å². The third kappa shape index (κ3) is 8.06. The van der Waals surface area contributed by atoms with E-state index in [4.69, 9.17) is 18.6 Å². The van der Waals surface area contributed by atoms with Crippen LogP contribution in [0.15, 0.2) is 105 Å². The summed E-state index contributed by atoms with van der Waals surface area (Å²) in [5, 5.41) is 0.779. The summed E-state index contributed by atoms with van der Waals surface area (Å²) in [7, 11) is 0. The van der Waals surface area contributed by atoms with Gasteiger partial charge in [-0.05, 0) is 135 Å². The summed E-state index contributed by atoms with van der Waals surface area (Å²) in [6.45, 7) is 9.85. The maximum absolute atomic E-state index is 14.7. The van der Waals surface area contributed by atoms with Gasteiger partial charge in [-0.25, -0.2) is 9.59 Å². The molecule has 4 aromatic carbocycles. The fourth-order valence-corrected chi connectivity index (χ4v) is 10.1. The number of ether oxygens (including phenoxy) is 3. The van der Waals surface area contributed by atoms with Gasteiger partial charge in [-0.15, -0.1) is 0 Å². The second-order valence-electron chi connectivity index (χ2n) is 18.7. The highest BCUT2D eigenvalue weighted by Gasteiger charge is 2.53. The summed E-state index contributed by atoms with van der Waals surface area (Å²) in [4.78, 5) is 43.1. The Morgan fingerprint density at radius 1 is 0.787 bits per heavy atom. The number of aryl methyl sites for hydroxylation is 3. The van der Waals surface area contributed by atoms with Gasteiger partial charge < -0.3 is 18.6 Å². The molecule has 7 heteroatoms. The summed E-state index contributed by atoms with van der Waals surface area (Å²) in [6.07, 6.45) is 4.34.